The first-order valence-corrected chi connectivity index (χ1v) is 6.60. The summed E-state index contributed by atoms with van der Waals surface area (Å²) in [6.45, 7) is 0. The van der Waals surface area contributed by atoms with Gasteiger partial charge in [0.2, 0.25) is 0 Å². The van der Waals surface area contributed by atoms with E-state index >= 15 is 0 Å². The zero-order chi connectivity index (χ0) is 14.8. The highest BCUT2D eigenvalue weighted by molar-refractivity contribution is 5.98. The quantitative estimate of drug-likeness (QED) is 0.780. The molecular formula is C18H14O3. The van der Waals surface area contributed by atoms with Crippen LogP contribution in [0.15, 0.2) is 60.7 Å². The number of benzene rings is 3. The van der Waals surface area contributed by atoms with E-state index in [1.54, 1.807) is 12.1 Å². The Balaban J connectivity index is 2.21. The van der Waals surface area contributed by atoms with Crippen molar-refractivity contribution in [3.05, 3.63) is 66.2 Å². The van der Waals surface area contributed by atoms with Gasteiger partial charge in [-0.1, -0.05) is 48.5 Å². The summed E-state index contributed by atoms with van der Waals surface area (Å²) >= 11 is 0. The first-order chi connectivity index (χ1) is 10.2. The molecule has 0 amide bonds. The summed E-state index contributed by atoms with van der Waals surface area (Å²) < 4.78 is 5.20. The van der Waals surface area contributed by atoms with Gasteiger partial charge in [-0.25, -0.2) is 4.79 Å². The van der Waals surface area contributed by atoms with Gasteiger partial charge in [-0.15, -0.1) is 0 Å². The normalized spacial score (nSPS) is 10.5. The number of carbonyl (C=O) groups is 1. The molecule has 0 bridgehead atoms. The van der Waals surface area contributed by atoms with E-state index < -0.39 is 5.97 Å². The monoisotopic (exact) mass is 278 g/mol. The van der Waals surface area contributed by atoms with E-state index in [9.17, 15) is 4.79 Å². The van der Waals surface area contributed by atoms with Gasteiger partial charge in [0.15, 0.2) is 0 Å². The Labute approximate surface area is 122 Å². The molecule has 0 aromatic heterocycles. The van der Waals surface area contributed by atoms with Crippen molar-refractivity contribution in [2.24, 2.45) is 0 Å². The number of methoxy groups -OCH3 is 1. The van der Waals surface area contributed by atoms with E-state index in [-0.39, 0.29) is 5.56 Å². The first kappa shape index (κ1) is 13.2. The number of carboxylic acid groups (broad SMARTS) is 1. The summed E-state index contributed by atoms with van der Waals surface area (Å²) in [5.74, 6) is -0.621. The van der Waals surface area contributed by atoms with Gasteiger partial charge >= 0.3 is 5.97 Å². The first-order valence-electron chi connectivity index (χ1n) is 6.60. The van der Waals surface area contributed by atoms with Gasteiger partial charge in [-0.05, 0) is 34.0 Å². The van der Waals surface area contributed by atoms with Gasteiger partial charge in [-0.2, -0.15) is 0 Å². The van der Waals surface area contributed by atoms with Crippen LogP contribution in [0.2, 0.25) is 0 Å². The van der Waals surface area contributed by atoms with Gasteiger partial charge in [0, 0.05) is 0 Å². The number of hydrogen-bond acceptors (Lipinski definition) is 2. The van der Waals surface area contributed by atoms with Crippen LogP contribution in [0.4, 0.5) is 0 Å². The average Bonchev–Trinajstić information content (AvgIpc) is 2.53. The highest BCUT2D eigenvalue weighted by Gasteiger charge is 2.12. The summed E-state index contributed by atoms with van der Waals surface area (Å²) in [5.41, 5.74) is 2.17. The molecule has 3 aromatic carbocycles. The Morgan fingerprint density at radius 3 is 2.52 bits per heavy atom. The number of aromatic carboxylic acids is 1. The van der Waals surface area contributed by atoms with E-state index in [2.05, 4.69) is 18.2 Å². The lowest BCUT2D eigenvalue weighted by Gasteiger charge is -2.10. The van der Waals surface area contributed by atoms with Crippen LogP contribution in [0, 0.1) is 0 Å². The van der Waals surface area contributed by atoms with Crippen molar-refractivity contribution in [1.82, 2.24) is 0 Å². The lowest BCUT2D eigenvalue weighted by molar-refractivity contribution is 0.0693. The SMILES string of the molecule is COc1cc(-c2cccc3ccccc23)ccc1C(=O)O. The second-order valence-corrected chi connectivity index (χ2v) is 4.75. The molecule has 21 heavy (non-hydrogen) atoms. The van der Waals surface area contributed by atoms with E-state index in [4.69, 9.17) is 9.84 Å². The Bertz CT molecular complexity index is 816. The molecule has 0 aliphatic rings. The molecular weight excluding hydrogens is 264 g/mol. The third-order valence-electron chi connectivity index (χ3n) is 3.53. The molecule has 0 heterocycles. The van der Waals surface area contributed by atoms with Gasteiger partial charge in [-0.3, -0.25) is 0 Å². The zero-order valence-corrected chi connectivity index (χ0v) is 11.5. The molecule has 0 saturated carbocycles. The summed E-state index contributed by atoms with van der Waals surface area (Å²) in [5, 5.41) is 11.4. The Morgan fingerprint density at radius 2 is 1.76 bits per heavy atom. The number of ether oxygens (including phenoxy) is 1. The van der Waals surface area contributed by atoms with Gasteiger partial charge in [0.25, 0.3) is 0 Å². The molecule has 1 N–H and O–H groups in total. The van der Waals surface area contributed by atoms with Crippen molar-refractivity contribution in [1.29, 1.82) is 0 Å². The Hall–Kier alpha value is -2.81. The lowest BCUT2D eigenvalue weighted by Crippen LogP contribution is -2.00. The summed E-state index contributed by atoms with van der Waals surface area (Å²) in [6, 6.07) is 19.4. The van der Waals surface area contributed by atoms with Crippen LogP contribution in [-0.2, 0) is 0 Å². The predicted molar refractivity (Wildman–Crippen MR) is 82.9 cm³/mol. The van der Waals surface area contributed by atoms with Crippen molar-refractivity contribution < 1.29 is 14.6 Å². The zero-order valence-electron chi connectivity index (χ0n) is 11.5. The highest BCUT2D eigenvalue weighted by Crippen LogP contribution is 2.32. The molecule has 3 aromatic rings. The summed E-state index contributed by atoms with van der Waals surface area (Å²) in [7, 11) is 1.48. The maximum absolute atomic E-state index is 11.2. The minimum absolute atomic E-state index is 0.168. The van der Waals surface area contributed by atoms with Crippen LogP contribution in [0.1, 0.15) is 10.4 Å². The number of rotatable bonds is 3. The molecule has 3 nitrogen and oxygen atoms in total. The molecule has 0 saturated heterocycles. The highest BCUT2D eigenvalue weighted by atomic mass is 16.5. The molecule has 104 valence electrons. The van der Waals surface area contributed by atoms with Crippen molar-refractivity contribution in [3.63, 3.8) is 0 Å². The summed E-state index contributed by atoms with van der Waals surface area (Å²) in [6.07, 6.45) is 0. The standard InChI is InChI=1S/C18H14O3/c1-21-17-11-13(9-10-16(17)18(19)20)15-8-4-6-12-5-2-3-7-14(12)15/h2-11H,1H3,(H,19,20). The molecule has 0 spiro atoms. The van der Waals surface area contributed by atoms with E-state index in [0.717, 1.165) is 21.9 Å². The van der Waals surface area contributed by atoms with E-state index in [1.807, 2.05) is 30.3 Å². The fraction of sp³-hybridized carbons (Fsp3) is 0.0556. The molecule has 0 fully saturated rings. The fourth-order valence-electron chi connectivity index (χ4n) is 2.51. The predicted octanol–water partition coefficient (Wildman–Crippen LogP) is 4.21. The third kappa shape index (κ3) is 2.34. The minimum atomic E-state index is -0.990. The number of fused-ring (bicyclic) bond motifs is 1. The van der Waals surface area contributed by atoms with E-state index in [1.165, 1.54) is 7.11 Å². The van der Waals surface area contributed by atoms with E-state index in [0.29, 0.717) is 5.75 Å². The second-order valence-electron chi connectivity index (χ2n) is 4.75. The molecule has 0 aliphatic carbocycles. The molecule has 3 rings (SSSR count). The van der Waals surface area contributed by atoms with Crippen LogP contribution in [0.5, 0.6) is 5.75 Å². The smallest absolute Gasteiger partial charge is 0.339 e. The van der Waals surface area contributed by atoms with Crippen molar-refractivity contribution in [2.45, 2.75) is 0 Å². The molecule has 0 atom stereocenters. The number of hydrogen-bond donors (Lipinski definition) is 1. The third-order valence-corrected chi connectivity index (χ3v) is 3.53. The topological polar surface area (TPSA) is 46.5 Å². The largest absolute Gasteiger partial charge is 0.496 e. The Kier molecular flexibility index (Phi) is 3.32. The maximum Gasteiger partial charge on any atom is 0.339 e. The fourth-order valence-corrected chi connectivity index (χ4v) is 2.51. The van der Waals surface area contributed by atoms with Crippen molar-refractivity contribution in [3.8, 4) is 16.9 Å². The lowest BCUT2D eigenvalue weighted by atomic mass is 9.97. The van der Waals surface area contributed by atoms with Crippen LogP contribution in [0.25, 0.3) is 21.9 Å². The van der Waals surface area contributed by atoms with Gasteiger partial charge in [0.05, 0.1) is 7.11 Å². The molecule has 3 heteroatoms. The summed E-state index contributed by atoms with van der Waals surface area (Å²) in [4.78, 5) is 11.2. The van der Waals surface area contributed by atoms with Crippen LogP contribution in [0.3, 0.4) is 0 Å². The maximum atomic E-state index is 11.2. The number of carboxylic acids is 1. The van der Waals surface area contributed by atoms with Crippen LogP contribution >= 0.6 is 0 Å². The van der Waals surface area contributed by atoms with Crippen molar-refractivity contribution >= 4 is 16.7 Å². The molecule has 0 radical (unpaired) electrons. The van der Waals surface area contributed by atoms with Gasteiger partial charge in [0.1, 0.15) is 11.3 Å². The Morgan fingerprint density at radius 1 is 1.00 bits per heavy atom. The second kappa shape index (κ2) is 5.29. The minimum Gasteiger partial charge on any atom is -0.496 e. The van der Waals surface area contributed by atoms with Crippen LogP contribution in [-0.4, -0.2) is 18.2 Å². The average molecular weight is 278 g/mol. The van der Waals surface area contributed by atoms with Gasteiger partial charge < -0.3 is 9.84 Å². The van der Waals surface area contributed by atoms with Crippen molar-refractivity contribution in [2.75, 3.05) is 7.11 Å². The molecule has 0 unspecified atom stereocenters. The molecule has 0 aliphatic heterocycles. The van der Waals surface area contributed by atoms with Crippen LogP contribution < -0.4 is 4.74 Å².